The van der Waals surface area contributed by atoms with Crippen LogP contribution in [0.2, 0.25) is 0 Å². The van der Waals surface area contributed by atoms with Gasteiger partial charge in [-0.3, -0.25) is 4.79 Å². The number of thiol groups is 1. The van der Waals surface area contributed by atoms with Gasteiger partial charge in [0, 0.05) is 6.54 Å². The number of amides is 1. The van der Waals surface area contributed by atoms with Crippen molar-refractivity contribution in [1.82, 2.24) is 5.32 Å². The Balaban J connectivity index is 2.74. The predicted octanol–water partition coefficient (Wildman–Crippen LogP) is 3.00. The van der Waals surface area contributed by atoms with E-state index in [9.17, 15) is 4.79 Å². The van der Waals surface area contributed by atoms with E-state index < -0.39 is 0 Å². The molecule has 0 aliphatic heterocycles. The summed E-state index contributed by atoms with van der Waals surface area (Å²) in [6.45, 7) is 4.87. The Morgan fingerprint density at radius 1 is 1.47 bits per heavy atom. The zero-order valence-corrected chi connectivity index (χ0v) is 11.4. The van der Waals surface area contributed by atoms with Crippen molar-refractivity contribution in [2.75, 3.05) is 13.7 Å². The molecule has 1 aromatic rings. The minimum absolute atomic E-state index is 0.303. The van der Waals surface area contributed by atoms with Gasteiger partial charge in [-0.2, -0.15) is 0 Å². The number of nitrogens with one attached hydrogen (secondary N) is 1. The Labute approximate surface area is 108 Å². The fourth-order valence-corrected chi connectivity index (χ4v) is 1.74. The van der Waals surface area contributed by atoms with E-state index in [1.807, 2.05) is 0 Å². The number of carbonyl (C=O) groups is 1. The lowest BCUT2D eigenvalue weighted by molar-refractivity contribution is 0.261. The third-order valence-corrected chi connectivity index (χ3v) is 2.81. The molecule has 3 nitrogen and oxygen atoms in total. The van der Waals surface area contributed by atoms with E-state index in [0.717, 1.165) is 17.7 Å². The van der Waals surface area contributed by atoms with E-state index in [4.69, 9.17) is 4.74 Å². The molecule has 0 aliphatic rings. The first-order chi connectivity index (χ1) is 8.04. The number of hydrogen-bond donors (Lipinski definition) is 2. The number of ether oxygens (including phenoxy) is 1. The maximum atomic E-state index is 10.7. The smallest absolute Gasteiger partial charge is 0.275 e. The lowest BCUT2D eigenvalue weighted by Gasteiger charge is -2.12. The molecule has 0 heterocycles. The van der Waals surface area contributed by atoms with Crippen LogP contribution >= 0.6 is 12.6 Å². The first-order valence-electron chi connectivity index (χ1n) is 5.68. The Kier molecular flexibility index (Phi) is 5.35. The summed E-state index contributed by atoms with van der Waals surface area (Å²) in [6.07, 6.45) is 0.744. The summed E-state index contributed by atoms with van der Waals surface area (Å²) in [4.78, 5) is 10.7. The van der Waals surface area contributed by atoms with Gasteiger partial charge < -0.3 is 10.1 Å². The number of hydrogen-bond acceptors (Lipinski definition) is 2. The molecule has 94 valence electrons. The van der Waals surface area contributed by atoms with Crippen LogP contribution < -0.4 is 10.1 Å². The zero-order valence-electron chi connectivity index (χ0n) is 10.5. The van der Waals surface area contributed by atoms with Crippen LogP contribution in [0.25, 0.3) is 0 Å². The summed E-state index contributed by atoms with van der Waals surface area (Å²) in [5, 5.41) is 2.35. The van der Waals surface area contributed by atoms with Gasteiger partial charge in [0.05, 0.1) is 7.11 Å². The topological polar surface area (TPSA) is 38.3 Å². The zero-order chi connectivity index (χ0) is 12.8. The second kappa shape index (κ2) is 6.55. The molecule has 4 heteroatoms. The maximum Gasteiger partial charge on any atom is 0.275 e. The second-order valence-electron chi connectivity index (χ2n) is 4.21. The Bertz CT molecular complexity index is 391. The van der Waals surface area contributed by atoms with Crippen molar-refractivity contribution in [3.05, 3.63) is 29.3 Å². The van der Waals surface area contributed by atoms with Crippen molar-refractivity contribution in [2.24, 2.45) is 0 Å². The molecule has 0 aromatic heterocycles. The van der Waals surface area contributed by atoms with E-state index in [2.05, 4.69) is 50.0 Å². The largest absolute Gasteiger partial charge is 0.496 e. The van der Waals surface area contributed by atoms with Crippen LogP contribution in [0.4, 0.5) is 4.79 Å². The molecule has 0 fully saturated rings. The van der Waals surface area contributed by atoms with Gasteiger partial charge in [-0.1, -0.05) is 38.6 Å². The van der Waals surface area contributed by atoms with E-state index in [-0.39, 0.29) is 5.24 Å². The van der Waals surface area contributed by atoms with Gasteiger partial charge in [0.1, 0.15) is 5.75 Å². The second-order valence-corrected chi connectivity index (χ2v) is 4.61. The van der Waals surface area contributed by atoms with Gasteiger partial charge in [-0.15, -0.1) is 0 Å². The molecule has 0 aliphatic carbocycles. The molecule has 1 amide bonds. The van der Waals surface area contributed by atoms with Crippen LogP contribution in [-0.4, -0.2) is 18.9 Å². The predicted molar refractivity (Wildman–Crippen MR) is 73.2 cm³/mol. The molecule has 1 N–H and O–H groups in total. The molecule has 0 saturated heterocycles. The van der Waals surface area contributed by atoms with Gasteiger partial charge in [0.2, 0.25) is 0 Å². The van der Waals surface area contributed by atoms with Gasteiger partial charge in [0.25, 0.3) is 5.24 Å². The molecule has 0 bridgehead atoms. The molecule has 0 radical (unpaired) electrons. The van der Waals surface area contributed by atoms with Crippen LogP contribution in [-0.2, 0) is 6.42 Å². The standard InChI is InChI=1S/C13H19NO2S/c1-9(2)11-5-4-10(12(8-11)16-3)6-7-14-13(15)17/h4-5,8-9H,6-7H2,1-3H3,(H2,14,15,17). The van der Waals surface area contributed by atoms with E-state index in [0.29, 0.717) is 12.5 Å². The Hall–Kier alpha value is -1.16. The Morgan fingerprint density at radius 2 is 2.18 bits per heavy atom. The van der Waals surface area contributed by atoms with E-state index >= 15 is 0 Å². The minimum atomic E-state index is -0.303. The van der Waals surface area contributed by atoms with Crippen molar-refractivity contribution in [1.29, 1.82) is 0 Å². The highest BCUT2D eigenvalue weighted by Crippen LogP contribution is 2.24. The highest BCUT2D eigenvalue weighted by molar-refractivity contribution is 7.96. The molecule has 0 atom stereocenters. The molecule has 1 aromatic carbocycles. The van der Waals surface area contributed by atoms with Crippen molar-refractivity contribution in [3.8, 4) is 5.75 Å². The number of rotatable bonds is 5. The van der Waals surface area contributed by atoms with Crippen molar-refractivity contribution in [3.63, 3.8) is 0 Å². The van der Waals surface area contributed by atoms with Crippen molar-refractivity contribution < 1.29 is 9.53 Å². The fourth-order valence-electron chi connectivity index (χ4n) is 1.63. The van der Waals surface area contributed by atoms with Crippen molar-refractivity contribution >= 4 is 17.9 Å². The number of carbonyl (C=O) groups excluding carboxylic acids is 1. The third kappa shape index (κ3) is 4.30. The first kappa shape index (κ1) is 13.9. The van der Waals surface area contributed by atoms with Crippen LogP contribution in [0.5, 0.6) is 5.75 Å². The molecule has 17 heavy (non-hydrogen) atoms. The molecular formula is C13H19NO2S. The average molecular weight is 253 g/mol. The fraction of sp³-hybridized carbons (Fsp3) is 0.462. The monoisotopic (exact) mass is 253 g/mol. The van der Waals surface area contributed by atoms with Crippen LogP contribution in [0, 0.1) is 0 Å². The van der Waals surface area contributed by atoms with E-state index in [1.54, 1.807) is 7.11 Å². The van der Waals surface area contributed by atoms with Crippen LogP contribution in [0.1, 0.15) is 30.9 Å². The van der Waals surface area contributed by atoms with Gasteiger partial charge in [-0.05, 0) is 29.5 Å². The van der Waals surface area contributed by atoms with Crippen molar-refractivity contribution in [2.45, 2.75) is 26.2 Å². The summed E-state index contributed by atoms with van der Waals surface area (Å²) >= 11 is 3.66. The lowest BCUT2D eigenvalue weighted by Crippen LogP contribution is -2.19. The molecule has 0 unspecified atom stereocenters. The molecular weight excluding hydrogens is 234 g/mol. The number of benzene rings is 1. The minimum Gasteiger partial charge on any atom is -0.496 e. The van der Waals surface area contributed by atoms with E-state index in [1.165, 1.54) is 5.56 Å². The normalized spacial score (nSPS) is 10.4. The highest BCUT2D eigenvalue weighted by Gasteiger charge is 2.06. The van der Waals surface area contributed by atoms with Crippen LogP contribution in [0.15, 0.2) is 18.2 Å². The summed E-state index contributed by atoms with van der Waals surface area (Å²) in [6, 6.07) is 6.21. The number of methoxy groups -OCH3 is 1. The average Bonchev–Trinajstić information content (AvgIpc) is 2.28. The van der Waals surface area contributed by atoms with Gasteiger partial charge in [-0.25, -0.2) is 0 Å². The molecule has 1 rings (SSSR count). The molecule has 0 saturated carbocycles. The summed E-state index contributed by atoms with van der Waals surface area (Å²) in [5.74, 6) is 1.36. The Morgan fingerprint density at radius 3 is 2.71 bits per heavy atom. The SMILES string of the molecule is COc1cc(C(C)C)ccc1CCNC(=O)S. The lowest BCUT2D eigenvalue weighted by atomic mass is 10.00. The summed E-state index contributed by atoms with van der Waals surface area (Å²) < 4.78 is 5.36. The quantitative estimate of drug-likeness (QED) is 0.792. The van der Waals surface area contributed by atoms with Gasteiger partial charge in [0.15, 0.2) is 0 Å². The summed E-state index contributed by atoms with van der Waals surface area (Å²) in [7, 11) is 1.67. The molecule has 0 spiro atoms. The third-order valence-electron chi connectivity index (χ3n) is 2.65. The van der Waals surface area contributed by atoms with Crippen LogP contribution in [0.3, 0.4) is 0 Å². The van der Waals surface area contributed by atoms with Gasteiger partial charge >= 0.3 is 0 Å². The maximum absolute atomic E-state index is 10.7. The summed E-state index contributed by atoms with van der Waals surface area (Å²) in [5.41, 5.74) is 2.35. The highest BCUT2D eigenvalue weighted by atomic mass is 32.1. The first-order valence-corrected chi connectivity index (χ1v) is 6.13.